The second-order valence-electron chi connectivity index (χ2n) is 4.01. The number of nitrogens with two attached hydrogens (primary N) is 1. The van der Waals surface area contributed by atoms with Gasteiger partial charge < -0.3 is 5.73 Å². The Bertz CT molecular complexity index is 718. The summed E-state index contributed by atoms with van der Waals surface area (Å²) in [6, 6.07) is 9.71. The lowest BCUT2D eigenvalue weighted by Crippen LogP contribution is -1.88. The average Bonchev–Trinajstić information content (AvgIpc) is 2.97. The van der Waals surface area contributed by atoms with Crippen molar-refractivity contribution < 1.29 is 0 Å². The summed E-state index contributed by atoms with van der Waals surface area (Å²) in [5.74, 6) is 0.499. The fourth-order valence-electron chi connectivity index (χ4n) is 1.91. The molecule has 0 unspecified atom stereocenters. The molecule has 0 saturated heterocycles. The zero-order valence-corrected chi connectivity index (χ0v) is 13.4. The Kier molecular flexibility index (Phi) is 3.51. The van der Waals surface area contributed by atoms with Crippen molar-refractivity contribution >= 4 is 51.3 Å². The molecule has 19 heavy (non-hydrogen) atoms. The highest BCUT2D eigenvalue weighted by molar-refractivity contribution is 14.1. The van der Waals surface area contributed by atoms with Gasteiger partial charge in [-0.1, -0.05) is 23.7 Å². The Morgan fingerprint density at radius 3 is 2.58 bits per heavy atom. The largest absolute Gasteiger partial charge is 0.382 e. The summed E-state index contributed by atoms with van der Waals surface area (Å²) in [6.07, 6.45) is 0. The van der Waals surface area contributed by atoms with Gasteiger partial charge in [0.25, 0.3) is 0 Å². The third-order valence-corrected chi connectivity index (χ3v) is 4.82. The van der Waals surface area contributed by atoms with E-state index in [0.717, 1.165) is 22.4 Å². The summed E-state index contributed by atoms with van der Waals surface area (Å²) < 4.78 is 1.22. The third-order valence-electron chi connectivity index (χ3n) is 2.78. The predicted molar refractivity (Wildman–Crippen MR) is 89.5 cm³/mol. The first-order valence-electron chi connectivity index (χ1n) is 5.49. The zero-order valence-electron chi connectivity index (χ0n) is 9.65. The third kappa shape index (κ3) is 2.50. The van der Waals surface area contributed by atoms with Crippen LogP contribution in [0.4, 0.5) is 5.82 Å². The molecule has 0 fully saturated rings. The van der Waals surface area contributed by atoms with Crippen molar-refractivity contribution in [2.75, 3.05) is 5.73 Å². The van der Waals surface area contributed by atoms with Gasteiger partial charge in [0.2, 0.25) is 0 Å². The molecule has 0 radical (unpaired) electrons. The van der Waals surface area contributed by atoms with Crippen LogP contribution in [0.15, 0.2) is 35.7 Å². The summed E-state index contributed by atoms with van der Waals surface area (Å²) in [4.78, 5) is 0. The molecular formula is C13H9ClIN3S. The standard InChI is InChI=1S/C13H9ClIN3S/c14-9-3-1-7(2-4-9)11-12(17-18-13(11)16)8-5-10(15)19-6-8/h1-6H,(H3,16,17,18). The molecule has 3 rings (SSSR count). The SMILES string of the molecule is Nc1n[nH]c(-c2csc(I)c2)c1-c1ccc(Cl)cc1. The normalized spacial score (nSPS) is 10.8. The van der Waals surface area contributed by atoms with Gasteiger partial charge in [-0.15, -0.1) is 11.3 Å². The van der Waals surface area contributed by atoms with Crippen LogP contribution in [0.25, 0.3) is 22.4 Å². The van der Waals surface area contributed by atoms with E-state index < -0.39 is 0 Å². The number of benzene rings is 1. The summed E-state index contributed by atoms with van der Waals surface area (Å²) in [6.45, 7) is 0. The fraction of sp³-hybridized carbons (Fsp3) is 0. The number of thiophene rings is 1. The Labute approximate surface area is 132 Å². The first kappa shape index (κ1) is 13.0. The van der Waals surface area contributed by atoms with Crippen LogP contribution in [0.2, 0.25) is 5.02 Å². The molecule has 0 spiro atoms. The number of nitrogen functional groups attached to an aromatic ring is 1. The van der Waals surface area contributed by atoms with Gasteiger partial charge in [0, 0.05) is 16.0 Å². The van der Waals surface area contributed by atoms with Crippen LogP contribution in [-0.4, -0.2) is 10.2 Å². The fourth-order valence-corrected chi connectivity index (χ4v) is 3.38. The highest BCUT2D eigenvalue weighted by Gasteiger charge is 2.15. The van der Waals surface area contributed by atoms with E-state index in [0.29, 0.717) is 10.8 Å². The van der Waals surface area contributed by atoms with Gasteiger partial charge in [0.15, 0.2) is 5.82 Å². The van der Waals surface area contributed by atoms with Crippen LogP contribution < -0.4 is 5.73 Å². The predicted octanol–water partition coefficient (Wildman–Crippen LogP) is 4.65. The number of nitrogens with zero attached hydrogens (tertiary/aromatic N) is 1. The molecule has 6 heteroatoms. The molecule has 3 nitrogen and oxygen atoms in total. The van der Waals surface area contributed by atoms with Crippen molar-refractivity contribution in [3.8, 4) is 22.4 Å². The molecule has 3 aromatic rings. The molecule has 0 aliphatic carbocycles. The van der Waals surface area contributed by atoms with Crippen LogP contribution in [0, 0.1) is 2.88 Å². The Balaban J connectivity index is 2.16. The molecule has 0 aliphatic rings. The second kappa shape index (κ2) is 5.15. The maximum Gasteiger partial charge on any atom is 0.153 e. The van der Waals surface area contributed by atoms with Crippen LogP contribution >= 0.6 is 45.5 Å². The van der Waals surface area contributed by atoms with E-state index in [1.807, 2.05) is 24.3 Å². The van der Waals surface area contributed by atoms with Gasteiger partial charge in [-0.2, -0.15) is 5.10 Å². The number of aromatic nitrogens is 2. The number of halogens is 2. The van der Waals surface area contributed by atoms with Gasteiger partial charge in [-0.25, -0.2) is 0 Å². The van der Waals surface area contributed by atoms with E-state index in [1.165, 1.54) is 2.88 Å². The van der Waals surface area contributed by atoms with E-state index >= 15 is 0 Å². The maximum atomic E-state index is 5.98. The lowest BCUT2D eigenvalue weighted by atomic mass is 10.0. The molecule has 2 heterocycles. The molecule has 3 N–H and O–H groups in total. The topological polar surface area (TPSA) is 54.7 Å². The summed E-state index contributed by atoms with van der Waals surface area (Å²) in [7, 11) is 0. The quantitative estimate of drug-likeness (QED) is 0.614. The van der Waals surface area contributed by atoms with Crippen LogP contribution in [-0.2, 0) is 0 Å². The summed E-state index contributed by atoms with van der Waals surface area (Å²) in [5.41, 5.74) is 9.95. The number of hydrogen-bond acceptors (Lipinski definition) is 3. The van der Waals surface area contributed by atoms with Crippen molar-refractivity contribution in [2.24, 2.45) is 0 Å². The second-order valence-corrected chi connectivity index (χ2v) is 7.25. The van der Waals surface area contributed by atoms with Crippen molar-refractivity contribution in [2.45, 2.75) is 0 Å². The molecular weight excluding hydrogens is 393 g/mol. The van der Waals surface area contributed by atoms with Crippen molar-refractivity contribution in [3.63, 3.8) is 0 Å². The Morgan fingerprint density at radius 2 is 1.95 bits per heavy atom. The van der Waals surface area contributed by atoms with E-state index in [-0.39, 0.29) is 0 Å². The smallest absolute Gasteiger partial charge is 0.153 e. The molecule has 0 amide bonds. The van der Waals surface area contributed by atoms with Gasteiger partial charge in [-0.05, 0) is 46.4 Å². The maximum absolute atomic E-state index is 5.98. The molecule has 0 aliphatic heterocycles. The zero-order chi connectivity index (χ0) is 13.4. The number of anilines is 1. The van der Waals surface area contributed by atoms with Gasteiger partial charge in [-0.3, -0.25) is 5.10 Å². The van der Waals surface area contributed by atoms with Crippen LogP contribution in [0.3, 0.4) is 0 Å². The summed E-state index contributed by atoms with van der Waals surface area (Å²) >= 11 is 9.91. The van der Waals surface area contributed by atoms with Crippen LogP contribution in [0.1, 0.15) is 0 Å². The summed E-state index contributed by atoms with van der Waals surface area (Å²) in [5, 5.41) is 9.93. The molecule has 1 aromatic carbocycles. The minimum Gasteiger partial charge on any atom is -0.382 e. The van der Waals surface area contributed by atoms with E-state index in [2.05, 4.69) is 44.2 Å². The van der Waals surface area contributed by atoms with E-state index in [9.17, 15) is 0 Å². The Morgan fingerprint density at radius 1 is 1.21 bits per heavy atom. The highest BCUT2D eigenvalue weighted by Crippen LogP contribution is 2.36. The molecule has 0 atom stereocenters. The monoisotopic (exact) mass is 401 g/mol. The lowest BCUT2D eigenvalue weighted by Gasteiger charge is -2.03. The Hall–Kier alpha value is -1.05. The first-order valence-corrected chi connectivity index (χ1v) is 7.83. The average molecular weight is 402 g/mol. The van der Waals surface area contributed by atoms with Crippen molar-refractivity contribution in [3.05, 3.63) is 43.6 Å². The van der Waals surface area contributed by atoms with Gasteiger partial charge in [0.1, 0.15) is 0 Å². The molecule has 96 valence electrons. The number of H-pyrrole nitrogens is 1. The van der Waals surface area contributed by atoms with Crippen LogP contribution in [0.5, 0.6) is 0 Å². The molecule has 2 aromatic heterocycles. The molecule has 0 bridgehead atoms. The van der Waals surface area contributed by atoms with Crippen molar-refractivity contribution in [1.82, 2.24) is 10.2 Å². The minimum absolute atomic E-state index is 0.499. The lowest BCUT2D eigenvalue weighted by molar-refractivity contribution is 1.10. The molecule has 0 saturated carbocycles. The number of nitrogens with one attached hydrogen (secondary N) is 1. The van der Waals surface area contributed by atoms with E-state index in [4.69, 9.17) is 17.3 Å². The number of hydrogen-bond donors (Lipinski definition) is 2. The minimum atomic E-state index is 0.499. The highest BCUT2D eigenvalue weighted by atomic mass is 127. The van der Waals surface area contributed by atoms with E-state index in [1.54, 1.807) is 11.3 Å². The first-order chi connectivity index (χ1) is 9.15. The number of aromatic amines is 1. The number of rotatable bonds is 2. The van der Waals surface area contributed by atoms with Gasteiger partial charge in [0.05, 0.1) is 14.1 Å². The van der Waals surface area contributed by atoms with Gasteiger partial charge >= 0.3 is 0 Å². The van der Waals surface area contributed by atoms with Crippen molar-refractivity contribution in [1.29, 1.82) is 0 Å².